The van der Waals surface area contributed by atoms with Crippen LogP contribution in [0.1, 0.15) is 32.1 Å². The lowest BCUT2D eigenvalue weighted by Gasteiger charge is -2.05. The molecule has 0 heterocycles. The lowest BCUT2D eigenvalue weighted by molar-refractivity contribution is 0.302. The highest BCUT2D eigenvalue weighted by molar-refractivity contribution is 5.21. The zero-order valence-electron chi connectivity index (χ0n) is 8.84. The van der Waals surface area contributed by atoms with Crippen molar-refractivity contribution in [3.63, 3.8) is 0 Å². The van der Waals surface area contributed by atoms with Crippen molar-refractivity contribution in [1.82, 2.24) is 0 Å². The summed E-state index contributed by atoms with van der Waals surface area (Å²) in [6.07, 6.45) is 6.46. The van der Waals surface area contributed by atoms with E-state index in [1.165, 1.54) is 31.7 Å². The molecule has 1 radical (unpaired) electrons. The minimum Gasteiger partial charge on any atom is -0.493 e. The van der Waals surface area contributed by atoms with Crippen LogP contribution in [0.4, 0.5) is 4.39 Å². The van der Waals surface area contributed by atoms with Crippen LogP contribution in [0, 0.1) is 17.8 Å². The lowest BCUT2D eigenvalue weighted by atomic mass is 10.2. The molecule has 0 N–H and O–H groups in total. The molecule has 0 aromatic heterocycles. The van der Waals surface area contributed by atoms with Gasteiger partial charge >= 0.3 is 0 Å². The van der Waals surface area contributed by atoms with Crippen LogP contribution in [0.25, 0.3) is 0 Å². The lowest BCUT2D eigenvalue weighted by Crippen LogP contribution is -1.97. The van der Waals surface area contributed by atoms with Crippen LogP contribution in [-0.4, -0.2) is 6.61 Å². The Balaban J connectivity index is 1.60. The zero-order chi connectivity index (χ0) is 10.5. The molecular weight excluding hydrogens is 191 g/mol. The van der Waals surface area contributed by atoms with Crippen molar-refractivity contribution >= 4 is 0 Å². The Morgan fingerprint density at radius 2 is 2.27 bits per heavy atom. The molecule has 0 aliphatic heterocycles. The number of halogens is 1. The second kappa shape index (κ2) is 5.15. The third-order valence-corrected chi connectivity index (χ3v) is 2.71. The van der Waals surface area contributed by atoms with Gasteiger partial charge in [0.25, 0.3) is 0 Å². The Morgan fingerprint density at radius 3 is 3.00 bits per heavy atom. The minimum atomic E-state index is -0.356. The van der Waals surface area contributed by atoms with Gasteiger partial charge in [0.05, 0.1) is 6.61 Å². The van der Waals surface area contributed by atoms with Gasteiger partial charge in [-0.15, -0.1) is 0 Å². The Morgan fingerprint density at radius 1 is 1.40 bits per heavy atom. The molecule has 2 rings (SSSR count). The molecule has 1 saturated carbocycles. The highest BCUT2D eigenvalue weighted by Crippen LogP contribution is 2.33. The average molecular weight is 207 g/mol. The highest BCUT2D eigenvalue weighted by Gasteiger charge is 2.19. The molecular formula is C13H16FO. The molecule has 2 heteroatoms. The first kappa shape index (κ1) is 10.5. The SMILES string of the molecule is Fc1[c]ccc(OCCCCC2CC2)c1. The topological polar surface area (TPSA) is 9.23 Å². The van der Waals surface area contributed by atoms with Gasteiger partial charge in [-0.3, -0.25) is 0 Å². The molecule has 0 amide bonds. The Labute approximate surface area is 90.3 Å². The predicted molar refractivity (Wildman–Crippen MR) is 57.3 cm³/mol. The van der Waals surface area contributed by atoms with E-state index in [1.54, 1.807) is 12.1 Å². The normalized spacial score (nSPS) is 15.3. The molecule has 1 fully saturated rings. The summed E-state index contributed by atoms with van der Waals surface area (Å²) in [5.41, 5.74) is 0. The summed E-state index contributed by atoms with van der Waals surface area (Å²) >= 11 is 0. The second-order valence-corrected chi connectivity index (χ2v) is 4.16. The number of benzene rings is 1. The number of rotatable bonds is 6. The molecule has 0 bridgehead atoms. The molecule has 1 aliphatic rings. The molecule has 0 saturated heterocycles. The second-order valence-electron chi connectivity index (χ2n) is 4.16. The first-order chi connectivity index (χ1) is 7.34. The standard InChI is InChI=1S/C13H16FO/c14-12-5-3-6-13(10-12)15-9-2-1-4-11-7-8-11/h3,6,10-11H,1-2,4,7-9H2. The van der Waals surface area contributed by atoms with Crippen LogP contribution in [0.5, 0.6) is 5.75 Å². The monoisotopic (exact) mass is 207 g/mol. The van der Waals surface area contributed by atoms with Gasteiger partial charge in [-0.05, 0) is 30.9 Å². The van der Waals surface area contributed by atoms with Crippen molar-refractivity contribution in [1.29, 1.82) is 0 Å². The van der Waals surface area contributed by atoms with E-state index in [1.807, 2.05) is 0 Å². The number of hydrogen-bond acceptors (Lipinski definition) is 1. The fourth-order valence-corrected chi connectivity index (χ4v) is 1.64. The Kier molecular flexibility index (Phi) is 3.59. The molecule has 1 aliphatic carbocycles. The van der Waals surface area contributed by atoms with Gasteiger partial charge in [-0.1, -0.05) is 19.3 Å². The summed E-state index contributed by atoms with van der Waals surface area (Å²) in [4.78, 5) is 0. The van der Waals surface area contributed by atoms with E-state index in [2.05, 4.69) is 6.07 Å². The van der Waals surface area contributed by atoms with Crippen molar-refractivity contribution in [3.05, 3.63) is 30.1 Å². The van der Waals surface area contributed by atoms with Crippen LogP contribution in [0.15, 0.2) is 18.2 Å². The van der Waals surface area contributed by atoms with Crippen molar-refractivity contribution < 1.29 is 9.13 Å². The number of hydrogen-bond donors (Lipinski definition) is 0. The molecule has 15 heavy (non-hydrogen) atoms. The van der Waals surface area contributed by atoms with Crippen molar-refractivity contribution in [2.45, 2.75) is 32.1 Å². The van der Waals surface area contributed by atoms with E-state index in [9.17, 15) is 4.39 Å². The van der Waals surface area contributed by atoms with Gasteiger partial charge in [0.2, 0.25) is 0 Å². The van der Waals surface area contributed by atoms with Gasteiger partial charge < -0.3 is 4.74 Å². The summed E-state index contributed by atoms with van der Waals surface area (Å²) < 4.78 is 18.2. The maximum Gasteiger partial charge on any atom is 0.134 e. The number of unbranched alkanes of at least 4 members (excludes halogenated alkanes) is 1. The molecule has 0 spiro atoms. The van der Waals surface area contributed by atoms with Gasteiger partial charge in [0, 0.05) is 12.1 Å². The Bertz CT molecular complexity index is 307. The van der Waals surface area contributed by atoms with Gasteiger partial charge in [0.1, 0.15) is 11.6 Å². The van der Waals surface area contributed by atoms with Crippen molar-refractivity contribution in [3.8, 4) is 5.75 Å². The molecule has 1 aromatic rings. The zero-order valence-corrected chi connectivity index (χ0v) is 8.84. The summed E-state index contributed by atoms with van der Waals surface area (Å²) in [5, 5.41) is 0. The summed E-state index contributed by atoms with van der Waals surface area (Å²) in [6, 6.07) is 7.12. The Hall–Kier alpha value is -1.05. The maximum absolute atomic E-state index is 12.7. The van der Waals surface area contributed by atoms with E-state index in [-0.39, 0.29) is 5.82 Å². The average Bonchev–Trinajstić information content (AvgIpc) is 3.01. The summed E-state index contributed by atoms with van der Waals surface area (Å²) in [6.45, 7) is 0.691. The smallest absolute Gasteiger partial charge is 0.134 e. The summed E-state index contributed by atoms with van der Waals surface area (Å²) in [5.74, 6) is 1.25. The first-order valence-electron chi connectivity index (χ1n) is 5.64. The minimum absolute atomic E-state index is 0.356. The van der Waals surface area contributed by atoms with E-state index < -0.39 is 0 Å². The predicted octanol–water partition coefficient (Wildman–Crippen LogP) is 3.58. The fourth-order valence-electron chi connectivity index (χ4n) is 1.64. The molecule has 81 valence electrons. The van der Waals surface area contributed by atoms with Gasteiger partial charge in [-0.25, -0.2) is 4.39 Å². The van der Waals surface area contributed by atoms with E-state index in [0.29, 0.717) is 12.4 Å². The van der Waals surface area contributed by atoms with Crippen LogP contribution in [0.3, 0.4) is 0 Å². The number of ether oxygens (including phenoxy) is 1. The van der Waals surface area contributed by atoms with Crippen molar-refractivity contribution in [2.75, 3.05) is 6.61 Å². The highest BCUT2D eigenvalue weighted by atomic mass is 19.1. The van der Waals surface area contributed by atoms with Crippen LogP contribution < -0.4 is 4.74 Å². The quantitative estimate of drug-likeness (QED) is 0.648. The van der Waals surface area contributed by atoms with Crippen molar-refractivity contribution in [2.24, 2.45) is 5.92 Å². The first-order valence-corrected chi connectivity index (χ1v) is 5.64. The molecule has 1 nitrogen and oxygen atoms in total. The van der Waals surface area contributed by atoms with Crippen LogP contribution in [-0.2, 0) is 0 Å². The maximum atomic E-state index is 12.7. The molecule has 1 aromatic carbocycles. The third-order valence-electron chi connectivity index (χ3n) is 2.71. The van der Waals surface area contributed by atoms with E-state index in [4.69, 9.17) is 4.74 Å². The summed E-state index contributed by atoms with van der Waals surface area (Å²) in [7, 11) is 0. The van der Waals surface area contributed by atoms with E-state index >= 15 is 0 Å². The molecule has 0 unspecified atom stereocenters. The molecule has 0 atom stereocenters. The third kappa shape index (κ3) is 3.90. The van der Waals surface area contributed by atoms with Crippen LogP contribution in [0.2, 0.25) is 0 Å². The van der Waals surface area contributed by atoms with Gasteiger partial charge in [-0.2, -0.15) is 0 Å². The van der Waals surface area contributed by atoms with Gasteiger partial charge in [0.15, 0.2) is 0 Å². The largest absolute Gasteiger partial charge is 0.493 e. The van der Waals surface area contributed by atoms with E-state index in [0.717, 1.165) is 12.3 Å². The fraction of sp³-hybridized carbons (Fsp3) is 0.538. The van der Waals surface area contributed by atoms with Crippen LogP contribution >= 0.6 is 0 Å².